The van der Waals surface area contributed by atoms with Crippen LogP contribution in [0.2, 0.25) is 0 Å². The molecule has 2 N–H and O–H groups in total. The first-order valence-electron chi connectivity index (χ1n) is 6.82. The minimum Gasteiger partial charge on any atom is -0.326 e. The number of aryl methyl sites for hydroxylation is 1. The van der Waals surface area contributed by atoms with Crippen LogP contribution in [0.5, 0.6) is 0 Å². The van der Waals surface area contributed by atoms with Crippen molar-refractivity contribution in [3.05, 3.63) is 58.3 Å². The van der Waals surface area contributed by atoms with Gasteiger partial charge < -0.3 is 10.6 Å². The first-order valence-corrected chi connectivity index (χ1v) is 7.61. The number of hydrogen-bond acceptors (Lipinski definition) is 3. The van der Waals surface area contributed by atoms with Gasteiger partial charge in [-0.25, -0.2) is 0 Å². The molecule has 4 nitrogen and oxygen atoms in total. The molecule has 2 rings (SSSR count). The average Bonchev–Trinajstić information content (AvgIpc) is 2.48. The number of benzene rings is 1. The topological polar surface area (TPSA) is 54.0 Å². The predicted octanol–water partition coefficient (Wildman–Crippen LogP) is 3.27. The zero-order valence-corrected chi connectivity index (χ0v) is 13.5. The van der Waals surface area contributed by atoms with Crippen molar-refractivity contribution in [3.63, 3.8) is 0 Å². The first kappa shape index (κ1) is 15.7. The fourth-order valence-corrected chi connectivity index (χ4v) is 2.38. The van der Waals surface area contributed by atoms with Crippen LogP contribution in [0.1, 0.15) is 17.7 Å². The van der Waals surface area contributed by atoms with Crippen LogP contribution in [0.15, 0.2) is 47.1 Å². The number of carbonyl (C=O) groups is 1. The van der Waals surface area contributed by atoms with E-state index in [0.29, 0.717) is 19.5 Å². The SMILES string of the molecule is Cc1cc(Br)ccc1NC(=O)CCNCc1ccccn1. The number of nitrogens with one attached hydrogen (secondary N) is 2. The van der Waals surface area contributed by atoms with Crippen molar-refractivity contribution in [1.82, 2.24) is 10.3 Å². The monoisotopic (exact) mass is 347 g/mol. The van der Waals surface area contributed by atoms with Crippen molar-refractivity contribution in [2.75, 3.05) is 11.9 Å². The number of anilines is 1. The number of rotatable bonds is 6. The normalized spacial score (nSPS) is 10.4. The summed E-state index contributed by atoms with van der Waals surface area (Å²) in [5.74, 6) is 0.00828. The Kier molecular flexibility index (Phi) is 5.90. The van der Waals surface area contributed by atoms with Crippen LogP contribution in [0, 0.1) is 6.92 Å². The van der Waals surface area contributed by atoms with Gasteiger partial charge in [-0.2, -0.15) is 0 Å². The highest BCUT2D eigenvalue weighted by atomic mass is 79.9. The lowest BCUT2D eigenvalue weighted by Gasteiger charge is -2.09. The lowest BCUT2D eigenvalue weighted by molar-refractivity contribution is -0.116. The van der Waals surface area contributed by atoms with Gasteiger partial charge in [-0.15, -0.1) is 0 Å². The van der Waals surface area contributed by atoms with E-state index in [9.17, 15) is 4.79 Å². The Morgan fingerprint density at radius 1 is 1.29 bits per heavy atom. The smallest absolute Gasteiger partial charge is 0.225 e. The molecule has 5 heteroatoms. The third-order valence-electron chi connectivity index (χ3n) is 3.02. The highest BCUT2D eigenvalue weighted by molar-refractivity contribution is 9.10. The Morgan fingerprint density at radius 3 is 2.86 bits per heavy atom. The van der Waals surface area contributed by atoms with E-state index in [0.717, 1.165) is 21.4 Å². The maximum atomic E-state index is 11.9. The number of nitrogens with zero attached hydrogens (tertiary/aromatic N) is 1. The summed E-state index contributed by atoms with van der Waals surface area (Å²) in [6.07, 6.45) is 2.20. The molecule has 110 valence electrons. The van der Waals surface area contributed by atoms with Gasteiger partial charge in [0.15, 0.2) is 0 Å². The Morgan fingerprint density at radius 2 is 2.14 bits per heavy atom. The molecule has 0 unspecified atom stereocenters. The Hall–Kier alpha value is -1.72. The fraction of sp³-hybridized carbons (Fsp3) is 0.250. The van der Waals surface area contributed by atoms with Gasteiger partial charge in [-0.3, -0.25) is 9.78 Å². The summed E-state index contributed by atoms with van der Waals surface area (Å²) in [7, 11) is 0. The highest BCUT2D eigenvalue weighted by Crippen LogP contribution is 2.19. The largest absolute Gasteiger partial charge is 0.326 e. The van der Waals surface area contributed by atoms with Crippen LogP contribution in [-0.4, -0.2) is 17.4 Å². The molecule has 0 saturated heterocycles. The van der Waals surface area contributed by atoms with E-state index >= 15 is 0 Å². The van der Waals surface area contributed by atoms with Gasteiger partial charge in [-0.05, 0) is 42.8 Å². The van der Waals surface area contributed by atoms with Crippen molar-refractivity contribution in [2.24, 2.45) is 0 Å². The quantitative estimate of drug-likeness (QED) is 0.788. The number of hydrogen-bond donors (Lipinski definition) is 2. The summed E-state index contributed by atoms with van der Waals surface area (Å²) < 4.78 is 1.01. The number of halogens is 1. The molecule has 0 aliphatic rings. The third kappa shape index (κ3) is 5.28. The number of amides is 1. The van der Waals surface area contributed by atoms with Crippen molar-refractivity contribution in [3.8, 4) is 0 Å². The van der Waals surface area contributed by atoms with Crippen molar-refractivity contribution in [2.45, 2.75) is 19.9 Å². The number of aromatic nitrogens is 1. The second-order valence-electron chi connectivity index (χ2n) is 4.76. The molecular formula is C16H18BrN3O. The Balaban J connectivity index is 1.72. The van der Waals surface area contributed by atoms with E-state index in [2.05, 4.69) is 31.5 Å². The molecular weight excluding hydrogens is 330 g/mol. The Bertz CT molecular complexity index is 602. The summed E-state index contributed by atoms with van der Waals surface area (Å²) >= 11 is 3.41. The molecule has 1 aromatic carbocycles. The van der Waals surface area contributed by atoms with Crippen molar-refractivity contribution < 1.29 is 4.79 Å². The van der Waals surface area contributed by atoms with Gasteiger partial charge in [0.25, 0.3) is 0 Å². The first-order chi connectivity index (χ1) is 10.1. The van der Waals surface area contributed by atoms with E-state index in [4.69, 9.17) is 0 Å². The lowest BCUT2D eigenvalue weighted by atomic mass is 10.2. The van der Waals surface area contributed by atoms with Gasteiger partial charge in [0.05, 0.1) is 5.69 Å². The van der Waals surface area contributed by atoms with Gasteiger partial charge in [0.1, 0.15) is 0 Å². The van der Waals surface area contributed by atoms with Crippen LogP contribution < -0.4 is 10.6 Å². The minimum absolute atomic E-state index is 0.00828. The van der Waals surface area contributed by atoms with Crippen molar-refractivity contribution >= 4 is 27.5 Å². The van der Waals surface area contributed by atoms with Gasteiger partial charge in [0, 0.05) is 35.9 Å². The van der Waals surface area contributed by atoms with E-state index in [-0.39, 0.29) is 5.91 Å². The fourth-order valence-electron chi connectivity index (χ4n) is 1.90. The Labute approximate surface area is 133 Å². The van der Waals surface area contributed by atoms with Gasteiger partial charge >= 0.3 is 0 Å². The van der Waals surface area contributed by atoms with E-state index in [1.54, 1.807) is 6.20 Å². The number of carbonyl (C=O) groups excluding carboxylic acids is 1. The second kappa shape index (κ2) is 7.90. The van der Waals surface area contributed by atoms with Gasteiger partial charge in [-0.1, -0.05) is 22.0 Å². The average molecular weight is 348 g/mol. The summed E-state index contributed by atoms with van der Waals surface area (Å²) in [6, 6.07) is 11.6. The lowest BCUT2D eigenvalue weighted by Crippen LogP contribution is -2.22. The summed E-state index contributed by atoms with van der Waals surface area (Å²) in [6.45, 7) is 3.27. The predicted molar refractivity (Wildman–Crippen MR) is 88.1 cm³/mol. The third-order valence-corrected chi connectivity index (χ3v) is 3.52. The van der Waals surface area contributed by atoms with Crippen LogP contribution in [-0.2, 0) is 11.3 Å². The molecule has 21 heavy (non-hydrogen) atoms. The summed E-state index contributed by atoms with van der Waals surface area (Å²) in [4.78, 5) is 16.1. The minimum atomic E-state index is 0.00828. The highest BCUT2D eigenvalue weighted by Gasteiger charge is 2.05. The molecule has 0 aliphatic carbocycles. The van der Waals surface area contributed by atoms with E-state index < -0.39 is 0 Å². The maximum absolute atomic E-state index is 11.9. The maximum Gasteiger partial charge on any atom is 0.225 e. The van der Waals surface area contributed by atoms with Crippen LogP contribution in [0.25, 0.3) is 0 Å². The summed E-state index contributed by atoms with van der Waals surface area (Å²) in [5, 5.41) is 6.13. The molecule has 1 heterocycles. The van der Waals surface area contributed by atoms with Crippen LogP contribution in [0.4, 0.5) is 5.69 Å². The van der Waals surface area contributed by atoms with Crippen LogP contribution >= 0.6 is 15.9 Å². The molecule has 1 aromatic heterocycles. The zero-order valence-electron chi connectivity index (χ0n) is 11.9. The summed E-state index contributed by atoms with van der Waals surface area (Å²) in [5.41, 5.74) is 2.87. The molecule has 0 atom stereocenters. The molecule has 0 saturated carbocycles. The van der Waals surface area contributed by atoms with Crippen LogP contribution in [0.3, 0.4) is 0 Å². The number of pyridine rings is 1. The molecule has 1 amide bonds. The second-order valence-corrected chi connectivity index (χ2v) is 5.67. The van der Waals surface area contributed by atoms with Crippen molar-refractivity contribution in [1.29, 1.82) is 0 Å². The molecule has 0 fully saturated rings. The molecule has 2 aromatic rings. The van der Waals surface area contributed by atoms with E-state index in [1.165, 1.54) is 0 Å². The van der Waals surface area contributed by atoms with Gasteiger partial charge in [0.2, 0.25) is 5.91 Å². The van der Waals surface area contributed by atoms with E-state index in [1.807, 2.05) is 43.3 Å². The molecule has 0 spiro atoms. The molecule has 0 bridgehead atoms. The standard InChI is InChI=1S/C16H18BrN3O/c1-12-10-13(17)5-6-15(12)20-16(21)7-9-18-11-14-4-2-3-8-19-14/h2-6,8,10,18H,7,9,11H2,1H3,(H,20,21). The molecule has 0 aliphatic heterocycles. The molecule has 0 radical (unpaired) electrons. The zero-order chi connectivity index (χ0) is 15.1.